The molecule has 1 aromatic carbocycles. The van der Waals surface area contributed by atoms with Gasteiger partial charge in [0.05, 0.1) is 36.0 Å². The molecule has 0 aliphatic heterocycles. The van der Waals surface area contributed by atoms with Crippen molar-refractivity contribution in [2.75, 3.05) is 5.32 Å². The van der Waals surface area contributed by atoms with Crippen LogP contribution in [0.15, 0.2) is 48.9 Å². The highest BCUT2D eigenvalue weighted by atomic mass is 16.4. The van der Waals surface area contributed by atoms with Crippen molar-refractivity contribution in [3.63, 3.8) is 0 Å². The fourth-order valence-corrected chi connectivity index (χ4v) is 3.86. The number of hydrogen-bond acceptors (Lipinski definition) is 6. The summed E-state index contributed by atoms with van der Waals surface area (Å²) in [7, 11) is 0. The first-order valence-electron chi connectivity index (χ1n) is 9.98. The van der Waals surface area contributed by atoms with Gasteiger partial charge in [0.1, 0.15) is 0 Å². The molecule has 0 spiro atoms. The molecule has 8 heteroatoms. The summed E-state index contributed by atoms with van der Waals surface area (Å²) in [5.74, 6) is -0.116. The standard InChI is InChI=1S/C22H22N6O2/c23-11-17(15-3-1-2-4-15)13-28-14-18(12-25-28)20-9-10-24-22(27-20)26-19-7-5-16(6-8-19)21(29)30/h5-10,12,14-15,17H,1-4,13H2,(H,29,30)(H,24,26,27). The van der Waals surface area contributed by atoms with Gasteiger partial charge in [-0.2, -0.15) is 10.4 Å². The topological polar surface area (TPSA) is 117 Å². The molecule has 1 unspecified atom stereocenters. The summed E-state index contributed by atoms with van der Waals surface area (Å²) in [4.78, 5) is 19.7. The lowest BCUT2D eigenvalue weighted by molar-refractivity contribution is 0.0697. The second-order valence-electron chi connectivity index (χ2n) is 7.50. The zero-order valence-electron chi connectivity index (χ0n) is 16.4. The molecule has 1 fully saturated rings. The Hall–Kier alpha value is -3.73. The Morgan fingerprint density at radius 3 is 2.73 bits per heavy atom. The number of carbonyl (C=O) groups is 1. The van der Waals surface area contributed by atoms with Gasteiger partial charge >= 0.3 is 5.97 Å². The third-order valence-corrected chi connectivity index (χ3v) is 5.49. The fourth-order valence-electron chi connectivity index (χ4n) is 3.86. The lowest BCUT2D eigenvalue weighted by atomic mass is 9.92. The van der Waals surface area contributed by atoms with Crippen LogP contribution in [0.2, 0.25) is 0 Å². The van der Waals surface area contributed by atoms with E-state index in [9.17, 15) is 10.1 Å². The van der Waals surface area contributed by atoms with Gasteiger partial charge in [-0.1, -0.05) is 12.8 Å². The lowest BCUT2D eigenvalue weighted by Gasteiger charge is -2.15. The average Bonchev–Trinajstić information content (AvgIpc) is 3.45. The van der Waals surface area contributed by atoms with Crippen LogP contribution in [0, 0.1) is 23.2 Å². The van der Waals surface area contributed by atoms with Gasteiger partial charge < -0.3 is 10.4 Å². The second kappa shape index (κ2) is 8.74. The Kier molecular flexibility index (Phi) is 5.70. The highest BCUT2D eigenvalue weighted by Crippen LogP contribution is 2.32. The highest BCUT2D eigenvalue weighted by molar-refractivity contribution is 5.88. The number of nitrogens with one attached hydrogen (secondary N) is 1. The van der Waals surface area contributed by atoms with E-state index in [1.54, 1.807) is 30.6 Å². The number of carboxylic acids is 1. The number of anilines is 2. The van der Waals surface area contributed by atoms with Crippen LogP contribution in [-0.4, -0.2) is 30.8 Å². The van der Waals surface area contributed by atoms with E-state index in [-0.39, 0.29) is 11.5 Å². The first-order valence-corrected chi connectivity index (χ1v) is 9.98. The molecule has 152 valence electrons. The van der Waals surface area contributed by atoms with Crippen LogP contribution in [0.1, 0.15) is 36.0 Å². The van der Waals surface area contributed by atoms with Gasteiger partial charge in [-0.05, 0) is 49.1 Å². The van der Waals surface area contributed by atoms with Crippen molar-refractivity contribution in [2.45, 2.75) is 32.2 Å². The molecule has 30 heavy (non-hydrogen) atoms. The van der Waals surface area contributed by atoms with E-state index in [1.165, 1.54) is 25.0 Å². The van der Waals surface area contributed by atoms with E-state index in [0.717, 1.165) is 24.1 Å². The maximum Gasteiger partial charge on any atom is 0.335 e. The van der Waals surface area contributed by atoms with Crippen molar-refractivity contribution in [1.82, 2.24) is 19.7 Å². The summed E-state index contributed by atoms with van der Waals surface area (Å²) in [6.07, 6.45) is 9.99. The maximum absolute atomic E-state index is 11.0. The van der Waals surface area contributed by atoms with Gasteiger partial charge in [-0.3, -0.25) is 4.68 Å². The number of aromatic nitrogens is 4. The molecular weight excluding hydrogens is 380 g/mol. The predicted octanol–water partition coefficient (Wildman–Crippen LogP) is 4.11. The molecule has 0 radical (unpaired) electrons. The Labute approximate surface area is 174 Å². The number of nitriles is 1. The lowest BCUT2D eigenvalue weighted by Crippen LogP contribution is -2.17. The molecular formula is C22H22N6O2. The average molecular weight is 402 g/mol. The van der Waals surface area contributed by atoms with Gasteiger partial charge in [0.15, 0.2) is 0 Å². The summed E-state index contributed by atoms with van der Waals surface area (Å²) in [5.41, 5.74) is 2.48. The van der Waals surface area contributed by atoms with Crippen LogP contribution in [0.4, 0.5) is 11.6 Å². The summed E-state index contributed by atoms with van der Waals surface area (Å²) in [6, 6.07) is 10.6. The van der Waals surface area contributed by atoms with Crippen molar-refractivity contribution in [3.8, 4) is 17.3 Å². The Balaban J connectivity index is 1.46. The van der Waals surface area contributed by atoms with E-state index in [1.807, 2.05) is 10.9 Å². The third-order valence-electron chi connectivity index (χ3n) is 5.49. The summed E-state index contributed by atoms with van der Waals surface area (Å²) >= 11 is 0. The summed E-state index contributed by atoms with van der Waals surface area (Å²) in [6.45, 7) is 0.591. The van der Waals surface area contributed by atoms with E-state index in [2.05, 4.69) is 26.5 Å². The quantitative estimate of drug-likeness (QED) is 0.611. The monoisotopic (exact) mass is 402 g/mol. The zero-order chi connectivity index (χ0) is 20.9. The van der Waals surface area contributed by atoms with Crippen LogP contribution in [0.3, 0.4) is 0 Å². The second-order valence-corrected chi connectivity index (χ2v) is 7.50. The maximum atomic E-state index is 11.0. The molecule has 1 saturated carbocycles. The van der Waals surface area contributed by atoms with Gasteiger partial charge in [-0.25, -0.2) is 14.8 Å². The predicted molar refractivity (Wildman–Crippen MR) is 111 cm³/mol. The molecule has 1 aliphatic rings. The van der Waals surface area contributed by atoms with Gasteiger partial charge in [0.2, 0.25) is 5.95 Å². The molecule has 2 aromatic heterocycles. The Morgan fingerprint density at radius 1 is 1.27 bits per heavy atom. The molecule has 3 aromatic rings. The van der Waals surface area contributed by atoms with Gasteiger partial charge in [-0.15, -0.1) is 0 Å². The van der Waals surface area contributed by atoms with E-state index in [0.29, 0.717) is 24.1 Å². The molecule has 2 heterocycles. The molecule has 2 N–H and O–H groups in total. The van der Waals surface area contributed by atoms with Gasteiger partial charge in [0, 0.05) is 23.6 Å². The van der Waals surface area contributed by atoms with Gasteiger partial charge in [0.25, 0.3) is 0 Å². The summed E-state index contributed by atoms with van der Waals surface area (Å²) in [5, 5.41) is 26.0. The number of aromatic carboxylic acids is 1. The first kappa shape index (κ1) is 19.6. The molecule has 0 amide bonds. The van der Waals surface area contributed by atoms with Crippen molar-refractivity contribution < 1.29 is 9.90 Å². The van der Waals surface area contributed by atoms with E-state index >= 15 is 0 Å². The molecule has 4 rings (SSSR count). The van der Waals surface area contributed by atoms with Crippen LogP contribution in [0.5, 0.6) is 0 Å². The minimum absolute atomic E-state index is 0.0170. The zero-order valence-corrected chi connectivity index (χ0v) is 16.4. The highest BCUT2D eigenvalue weighted by Gasteiger charge is 2.25. The minimum atomic E-state index is -0.969. The minimum Gasteiger partial charge on any atom is -0.478 e. The first-order chi connectivity index (χ1) is 14.6. The molecule has 1 atom stereocenters. The SMILES string of the molecule is N#CC(Cn1cc(-c2ccnc(Nc3ccc(C(=O)O)cc3)n2)cn1)C1CCCC1. The molecule has 1 aliphatic carbocycles. The fraction of sp³-hybridized carbons (Fsp3) is 0.318. The normalized spacial score (nSPS) is 14.9. The van der Waals surface area contributed by atoms with Crippen molar-refractivity contribution in [3.05, 3.63) is 54.5 Å². The Bertz CT molecular complexity index is 1060. The molecule has 0 bridgehead atoms. The molecule has 0 saturated heterocycles. The van der Waals surface area contributed by atoms with Crippen molar-refractivity contribution in [2.24, 2.45) is 11.8 Å². The summed E-state index contributed by atoms with van der Waals surface area (Å²) < 4.78 is 1.82. The molecule has 8 nitrogen and oxygen atoms in total. The number of nitrogens with zero attached hydrogens (tertiary/aromatic N) is 5. The largest absolute Gasteiger partial charge is 0.478 e. The Morgan fingerprint density at radius 2 is 2.03 bits per heavy atom. The van der Waals surface area contributed by atoms with Crippen molar-refractivity contribution in [1.29, 1.82) is 5.26 Å². The van der Waals surface area contributed by atoms with Crippen LogP contribution in [-0.2, 0) is 6.54 Å². The van der Waals surface area contributed by atoms with E-state index in [4.69, 9.17) is 5.11 Å². The number of carboxylic acid groups (broad SMARTS) is 1. The third kappa shape index (κ3) is 4.46. The number of benzene rings is 1. The van der Waals surface area contributed by atoms with Crippen molar-refractivity contribution >= 4 is 17.6 Å². The van der Waals surface area contributed by atoms with E-state index < -0.39 is 5.97 Å². The smallest absolute Gasteiger partial charge is 0.335 e. The number of rotatable bonds is 7. The van der Waals surface area contributed by atoms with Crippen LogP contribution in [0.25, 0.3) is 11.3 Å². The number of hydrogen-bond donors (Lipinski definition) is 2. The van der Waals surface area contributed by atoms with Crippen LogP contribution >= 0.6 is 0 Å². The van der Waals surface area contributed by atoms with Crippen LogP contribution < -0.4 is 5.32 Å².